The fourth-order valence-corrected chi connectivity index (χ4v) is 1.74. The van der Waals surface area contributed by atoms with E-state index in [2.05, 4.69) is 13.0 Å². The predicted molar refractivity (Wildman–Crippen MR) is 63.1 cm³/mol. The minimum Gasteiger partial charge on any atom is -0.436 e. The van der Waals surface area contributed by atoms with Crippen LogP contribution in [0, 0.1) is 6.92 Å². The van der Waals surface area contributed by atoms with Gasteiger partial charge in [-0.25, -0.2) is 0 Å². The Labute approximate surface area is 90.0 Å². The van der Waals surface area contributed by atoms with Crippen molar-refractivity contribution in [3.63, 3.8) is 0 Å². The molecule has 2 N–H and O–H groups in total. The molecule has 1 nitrogen and oxygen atoms in total. The highest BCUT2D eigenvalue weighted by Gasteiger charge is 2.15. The molecule has 0 aromatic heterocycles. The topological polar surface area (TPSA) is 22.9 Å². The second-order valence-corrected chi connectivity index (χ2v) is 3.70. The number of benzene rings is 2. The summed E-state index contributed by atoms with van der Waals surface area (Å²) in [6.45, 7) is 2.06. The van der Waals surface area contributed by atoms with E-state index < -0.39 is 0 Å². The van der Waals surface area contributed by atoms with Crippen LogP contribution in [0.5, 0.6) is 0 Å². The van der Waals surface area contributed by atoms with Crippen molar-refractivity contribution < 1.29 is 5.11 Å². The van der Waals surface area contributed by atoms with Gasteiger partial charge in [0.15, 0.2) is 0 Å². The maximum atomic E-state index is 8.19. The average Bonchev–Trinajstić information content (AvgIpc) is 2.30. The molecule has 1 heteroatoms. The first-order valence-corrected chi connectivity index (χ1v) is 5.10. The zero-order chi connectivity index (χ0) is 10.7. The van der Waals surface area contributed by atoms with E-state index in [-0.39, 0.29) is 6.10 Å². The Kier molecular flexibility index (Phi) is 2.84. The smallest absolute Gasteiger partial charge is 0.206 e. The number of rotatable bonds is 2. The van der Waals surface area contributed by atoms with Crippen LogP contribution in [-0.4, -0.2) is 5.11 Å². The summed E-state index contributed by atoms with van der Waals surface area (Å²) in [5.74, 6) is 0. The maximum Gasteiger partial charge on any atom is 0.206 e. The van der Waals surface area contributed by atoms with E-state index in [1.54, 1.807) is 0 Å². The van der Waals surface area contributed by atoms with Crippen molar-refractivity contribution in [2.24, 2.45) is 0 Å². The summed E-state index contributed by atoms with van der Waals surface area (Å²) in [7, 11) is 0. The van der Waals surface area contributed by atoms with Crippen LogP contribution in [-0.2, 0) is 0 Å². The monoisotopic (exact) mass is 199 g/mol. The molecule has 0 saturated heterocycles. The quantitative estimate of drug-likeness (QED) is 0.664. The van der Waals surface area contributed by atoms with Crippen LogP contribution in [0.25, 0.3) is 0 Å². The normalized spacial score (nSPS) is 12.4. The van der Waals surface area contributed by atoms with Crippen LogP contribution in [0.3, 0.4) is 0 Å². The third-order valence-electron chi connectivity index (χ3n) is 2.63. The summed E-state index contributed by atoms with van der Waals surface area (Å²) in [5.41, 5.74) is 3.32. The van der Waals surface area contributed by atoms with Gasteiger partial charge in [-0.1, -0.05) is 54.6 Å². The molecule has 1 unspecified atom stereocenters. The molecular weight excluding hydrogens is 184 g/mol. The van der Waals surface area contributed by atoms with E-state index in [1.807, 2.05) is 48.5 Å². The summed E-state index contributed by atoms with van der Waals surface area (Å²) in [4.78, 5) is 0. The average molecular weight is 199 g/mol. The Morgan fingerprint density at radius 2 is 1.47 bits per heavy atom. The molecule has 0 heterocycles. The molecule has 15 heavy (non-hydrogen) atoms. The highest BCUT2D eigenvalue weighted by atomic mass is 16.3. The maximum absolute atomic E-state index is 8.19. The van der Waals surface area contributed by atoms with Gasteiger partial charge in [0.1, 0.15) is 0 Å². The van der Waals surface area contributed by atoms with Gasteiger partial charge >= 0.3 is 0 Å². The van der Waals surface area contributed by atoms with Gasteiger partial charge in [-0.3, -0.25) is 0 Å². The first-order chi connectivity index (χ1) is 7.29. The molecule has 2 rings (SSSR count). The molecule has 2 aromatic rings. The fourth-order valence-electron chi connectivity index (χ4n) is 1.74. The molecule has 1 atom stereocenters. The lowest BCUT2D eigenvalue weighted by Gasteiger charge is -2.09. The molecular formula is C14H15O+. The van der Waals surface area contributed by atoms with Gasteiger partial charge in [-0.15, -0.1) is 0 Å². The molecule has 0 aliphatic heterocycles. The molecule has 0 amide bonds. The molecule has 0 aliphatic carbocycles. The third kappa shape index (κ3) is 2.08. The Bertz CT molecular complexity index is 434. The molecule has 0 radical (unpaired) electrons. The highest BCUT2D eigenvalue weighted by Crippen LogP contribution is 2.23. The van der Waals surface area contributed by atoms with Gasteiger partial charge in [-0.05, 0) is 12.5 Å². The summed E-state index contributed by atoms with van der Waals surface area (Å²) in [6.07, 6.45) is -0.271. The van der Waals surface area contributed by atoms with Crippen LogP contribution in [0.4, 0.5) is 0 Å². The minimum atomic E-state index is -0.271. The summed E-state index contributed by atoms with van der Waals surface area (Å²) < 4.78 is 0. The zero-order valence-corrected chi connectivity index (χ0v) is 8.77. The van der Waals surface area contributed by atoms with Crippen LogP contribution in [0.15, 0.2) is 54.6 Å². The third-order valence-corrected chi connectivity index (χ3v) is 2.63. The molecule has 0 bridgehead atoms. The predicted octanol–water partition coefficient (Wildman–Crippen LogP) is 2.81. The molecule has 2 aromatic carbocycles. The first-order valence-electron chi connectivity index (χ1n) is 5.10. The second-order valence-electron chi connectivity index (χ2n) is 3.70. The van der Waals surface area contributed by atoms with Gasteiger partial charge in [0.2, 0.25) is 6.10 Å². The Morgan fingerprint density at radius 1 is 0.867 bits per heavy atom. The molecule has 0 spiro atoms. The Balaban J connectivity index is 2.37. The van der Waals surface area contributed by atoms with Gasteiger partial charge in [0, 0.05) is 11.1 Å². The first kappa shape index (κ1) is 9.94. The van der Waals surface area contributed by atoms with Gasteiger partial charge in [0.25, 0.3) is 0 Å². The lowest BCUT2D eigenvalue weighted by molar-refractivity contribution is 0.219. The summed E-state index contributed by atoms with van der Waals surface area (Å²) in [5, 5.41) is 8.19. The van der Waals surface area contributed by atoms with Crippen molar-refractivity contribution in [1.29, 1.82) is 0 Å². The number of hydrogen-bond acceptors (Lipinski definition) is 0. The van der Waals surface area contributed by atoms with E-state index in [1.165, 1.54) is 5.56 Å². The fraction of sp³-hybridized carbons (Fsp3) is 0.143. The van der Waals surface area contributed by atoms with E-state index in [0.29, 0.717) is 0 Å². The highest BCUT2D eigenvalue weighted by molar-refractivity contribution is 5.34. The number of aryl methyl sites for hydroxylation is 1. The van der Waals surface area contributed by atoms with Crippen molar-refractivity contribution in [2.45, 2.75) is 13.0 Å². The zero-order valence-electron chi connectivity index (χ0n) is 8.77. The van der Waals surface area contributed by atoms with Crippen LogP contribution in [0.1, 0.15) is 22.8 Å². The van der Waals surface area contributed by atoms with Crippen molar-refractivity contribution in [3.05, 3.63) is 71.3 Å². The van der Waals surface area contributed by atoms with E-state index in [4.69, 9.17) is 5.11 Å². The van der Waals surface area contributed by atoms with Gasteiger partial charge in [-0.2, -0.15) is 0 Å². The standard InChI is InChI=1S/C14H14O/c1-11-7-5-6-10-13(11)14(15)12-8-3-2-4-9-12/h2-10,14-15H,1H3/p+1. The number of hydrogen-bond donors (Lipinski definition) is 0. The van der Waals surface area contributed by atoms with Crippen molar-refractivity contribution in [3.8, 4) is 0 Å². The minimum absolute atomic E-state index is 0.271. The van der Waals surface area contributed by atoms with E-state index >= 15 is 0 Å². The van der Waals surface area contributed by atoms with E-state index in [0.717, 1.165) is 11.1 Å². The summed E-state index contributed by atoms with van der Waals surface area (Å²) in [6, 6.07) is 18.0. The van der Waals surface area contributed by atoms with Crippen molar-refractivity contribution in [2.75, 3.05) is 0 Å². The van der Waals surface area contributed by atoms with Crippen LogP contribution in [0.2, 0.25) is 0 Å². The van der Waals surface area contributed by atoms with Crippen LogP contribution >= 0.6 is 0 Å². The van der Waals surface area contributed by atoms with E-state index in [9.17, 15) is 0 Å². The van der Waals surface area contributed by atoms with Gasteiger partial charge in [0.05, 0.1) is 0 Å². The second kappa shape index (κ2) is 4.28. The lowest BCUT2D eigenvalue weighted by atomic mass is 9.98. The largest absolute Gasteiger partial charge is 0.436 e. The van der Waals surface area contributed by atoms with Crippen molar-refractivity contribution >= 4 is 0 Å². The SMILES string of the molecule is Cc1ccccc1C([OH2+])c1ccccc1. The Morgan fingerprint density at radius 3 is 2.13 bits per heavy atom. The molecule has 0 aliphatic rings. The lowest BCUT2D eigenvalue weighted by Crippen LogP contribution is -2.01. The molecule has 76 valence electrons. The van der Waals surface area contributed by atoms with Gasteiger partial charge < -0.3 is 5.11 Å². The molecule has 0 fully saturated rings. The summed E-state index contributed by atoms with van der Waals surface area (Å²) >= 11 is 0. The van der Waals surface area contributed by atoms with Crippen LogP contribution < -0.4 is 0 Å². The van der Waals surface area contributed by atoms with Crippen molar-refractivity contribution in [1.82, 2.24) is 0 Å². The molecule has 0 saturated carbocycles. The Hall–Kier alpha value is -1.60.